The third-order valence-corrected chi connectivity index (χ3v) is 4.50. The molecule has 2 aliphatic heterocycles. The number of rotatable bonds is 7. The van der Waals surface area contributed by atoms with E-state index in [0.717, 1.165) is 12.0 Å². The summed E-state index contributed by atoms with van der Waals surface area (Å²) in [6, 6.07) is 0.823. The molecule has 2 fully saturated rings. The van der Waals surface area contributed by atoms with Gasteiger partial charge in [-0.25, -0.2) is 0 Å². The molecule has 2 aliphatic rings. The molecule has 0 bridgehead atoms. The molecule has 2 nitrogen and oxygen atoms in total. The topological polar surface area (TPSA) is 15.3 Å². The summed E-state index contributed by atoms with van der Waals surface area (Å²) in [4.78, 5) is 2.70. The third kappa shape index (κ3) is 4.26. The zero-order chi connectivity index (χ0) is 11.9. The lowest BCUT2D eigenvalue weighted by molar-refractivity contribution is 0.311. The quantitative estimate of drug-likeness (QED) is 0.686. The molecule has 2 saturated heterocycles. The van der Waals surface area contributed by atoms with Gasteiger partial charge in [0, 0.05) is 19.1 Å². The molecule has 2 rings (SSSR count). The number of hydrogen-bond acceptors (Lipinski definition) is 2. The van der Waals surface area contributed by atoms with Crippen LogP contribution in [0.4, 0.5) is 0 Å². The standard InChI is InChI=1S/C15H30N2/c1-2-3-4-5-6-7-11-17-12-14-9-8-10-16-15(14)13-17/h14-16H,2-13H2,1H3/t14-,15+/m0/s1. The fraction of sp³-hybridized carbons (Fsp3) is 1.00. The van der Waals surface area contributed by atoms with Crippen molar-refractivity contribution in [1.82, 2.24) is 10.2 Å². The normalized spacial score (nSPS) is 29.5. The summed E-state index contributed by atoms with van der Waals surface area (Å²) in [6.45, 7) is 7.58. The molecule has 2 heteroatoms. The van der Waals surface area contributed by atoms with E-state index in [-0.39, 0.29) is 0 Å². The summed E-state index contributed by atoms with van der Waals surface area (Å²) in [5.74, 6) is 0.962. The maximum absolute atomic E-state index is 3.69. The van der Waals surface area contributed by atoms with Crippen LogP contribution in [0.15, 0.2) is 0 Å². The zero-order valence-corrected chi connectivity index (χ0v) is 11.6. The highest BCUT2D eigenvalue weighted by molar-refractivity contribution is 4.91. The van der Waals surface area contributed by atoms with Gasteiger partial charge in [-0.3, -0.25) is 0 Å². The van der Waals surface area contributed by atoms with Crippen molar-refractivity contribution in [3.05, 3.63) is 0 Å². The van der Waals surface area contributed by atoms with Crippen molar-refractivity contribution in [1.29, 1.82) is 0 Å². The van der Waals surface area contributed by atoms with E-state index in [1.165, 1.54) is 77.5 Å². The van der Waals surface area contributed by atoms with E-state index in [2.05, 4.69) is 17.1 Å². The van der Waals surface area contributed by atoms with Crippen molar-refractivity contribution in [2.24, 2.45) is 5.92 Å². The van der Waals surface area contributed by atoms with Crippen LogP contribution in [0.2, 0.25) is 0 Å². The number of hydrogen-bond donors (Lipinski definition) is 1. The Balaban J connectivity index is 1.52. The Labute approximate surface area is 107 Å². The average Bonchev–Trinajstić information content (AvgIpc) is 2.76. The molecule has 0 aliphatic carbocycles. The molecular weight excluding hydrogens is 208 g/mol. The predicted molar refractivity (Wildman–Crippen MR) is 74.3 cm³/mol. The van der Waals surface area contributed by atoms with Crippen LogP contribution in [-0.2, 0) is 0 Å². The van der Waals surface area contributed by atoms with E-state index in [1.807, 2.05) is 0 Å². The Morgan fingerprint density at radius 1 is 1.06 bits per heavy atom. The lowest BCUT2D eigenvalue weighted by Gasteiger charge is -2.24. The molecule has 0 unspecified atom stereocenters. The summed E-state index contributed by atoms with van der Waals surface area (Å²) in [7, 11) is 0. The first-order valence-electron chi connectivity index (χ1n) is 7.86. The fourth-order valence-electron chi connectivity index (χ4n) is 3.43. The Hall–Kier alpha value is -0.0800. The molecule has 2 atom stereocenters. The second kappa shape index (κ2) is 7.38. The fourth-order valence-corrected chi connectivity index (χ4v) is 3.43. The van der Waals surface area contributed by atoms with Crippen LogP contribution in [0.1, 0.15) is 58.3 Å². The van der Waals surface area contributed by atoms with Gasteiger partial charge in [0.2, 0.25) is 0 Å². The van der Waals surface area contributed by atoms with Gasteiger partial charge in [-0.15, -0.1) is 0 Å². The highest BCUT2D eigenvalue weighted by Crippen LogP contribution is 2.25. The van der Waals surface area contributed by atoms with Crippen molar-refractivity contribution in [3.63, 3.8) is 0 Å². The predicted octanol–water partition coefficient (Wildman–Crippen LogP) is 3.03. The first-order chi connectivity index (χ1) is 8.40. The summed E-state index contributed by atoms with van der Waals surface area (Å²) in [5, 5.41) is 3.69. The van der Waals surface area contributed by atoms with E-state index in [4.69, 9.17) is 0 Å². The van der Waals surface area contributed by atoms with Gasteiger partial charge in [0.1, 0.15) is 0 Å². The average molecular weight is 238 g/mol. The first kappa shape index (κ1) is 13.4. The molecule has 0 saturated carbocycles. The lowest BCUT2D eigenvalue weighted by atomic mass is 9.94. The summed E-state index contributed by atoms with van der Waals surface area (Å²) < 4.78 is 0. The minimum atomic E-state index is 0.823. The van der Waals surface area contributed by atoms with Crippen molar-refractivity contribution >= 4 is 0 Å². The highest BCUT2D eigenvalue weighted by atomic mass is 15.2. The zero-order valence-electron chi connectivity index (χ0n) is 11.6. The molecule has 0 amide bonds. The van der Waals surface area contributed by atoms with Gasteiger partial charge in [-0.2, -0.15) is 0 Å². The highest BCUT2D eigenvalue weighted by Gasteiger charge is 2.33. The van der Waals surface area contributed by atoms with Crippen LogP contribution < -0.4 is 5.32 Å². The van der Waals surface area contributed by atoms with Crippen molar-refractivity contribution in [2.75, 3.05) is 26.2 Å². The van der Waals surface area contributed by atoms with Crippen molar-refractivity contribution < 1.29 is 0 Å². The van der Waals surface area contributed by atoms with E-state index in [0.29, 0.717) is 0 Å². The van der Waals surface area contributed by atoms with E-state index in [1.54, 1.807) is 0 Å². The van der Waals surface area contributed by atoms with Gasteiger partial charge in [-0.05, 0) is 38.3 Å². The number of nitrogens with zero attached hydrogens (tertiary/aromatic N) is 1. The van der Waals surface area contributed by atoms with Crippen molar-refractivity contribution in [2.45, 2.75) is 64.3 Å². The molecule has 0 aromatic heterocycles. The SMILES string of the molecule is CCCCCCCCN1C[C@@H]2CCCN[C@@H]2C1. The van der Waals surface area contributed by atoms with Gasteiger partial charge in [0.15, 0.2) is 0 Å². The van der Waals surface area contributed by atoms with Crippen LogP contribution in [-0.4, -0.2) is 37.1 Å². The van der Waals surface area contributed by atoms with Crippen LogP contribution in [0, 0.1) is 5.92 Å². The summed E-state index contributed by atoms with van der Waals surface area (Å²) in [5.41, 5.74) is 0. The molecule has 2 heterocycles. The van der Waals surface area contributed by atoms with E-state index < -0.39 is 0 Å². The van der Waals surface area contributed by atoms with Gasteiger partial charge >= 0.3 is 0 Å². The number of unbranched alkanes of at least 4 members (excludes halogenated alkanes) is 5. The minimum Gasteiger partial charge on any atom is -0.312 e. The molecule has 17 heavy (non-hydrogen) atoms. The van der Waals surface area contributed by atoms with Gasteiger partial charge in [0.25, 0.3) is 0 Å². The van der Waals surface area contributed by atoms with Gasteiger partial charge in [-0.1, -0.05) is 39.0 Å². The van der Waals surface area contributed by atoms with Crippen LogP contribution in [0.5, 0.6) is 0 Å². The van der Waals surface area contributed by atoms with Gasteiger partial charge in [0.05, 0.1) is 0 Å². The number of fused-ring (bicyclic) bond motifs is 1. The Kier molecular flexibility index (Phi) is 5.79. The Morgan fingerprint density at radius 3 is 2.71 bits per heavy atom. The molecule has 0 radical (unpaired) electrons. The largest absolute Gasteiger partial charge is 0.312 e. The Bertz CT molecular complexity index is 191. The van der Waals surface area contributed by atoms with Crippen LogP contribution in [0.25, 0.3) is 0 Å². The van der Waals surface area contributed by atoms with Gasteiger partial charge < -0.3 is 10.2 Å². The molecule has 100 valence electrons. The van der Waals surface area contributed by atoms with E-state index in [9.17, 15) is 0 Å². The smallest absolute Gasteiger partial charge is 0.0235 e. The van der Waals surface area contributed by atoms with Crippen molar-refractivity contribution in [3.8, 4) is 0 Å². The first-order valence-corrected chi connectivity index (χ1v) is 7.86. The molecular formula is C15H30N2. The lowest BCUT2D eigenvalue weighted by Crippen LogP contribution is -2.40. The molecule has 0 aromatic carbocycles. The summed E-state index contributed by atoms with van der Waals surface area (Å²) >= 11 is 0. The maximum Gasteiger partial charge on any atom is 0.0235 e. The summed E-state index contributed by atoms with van der Waals surface area (Å²) in [6.07, 6.45) is 11.4. The van der Waals surface area contributed by atoms with E-state index >= 15 is 0 Å². The number of likely N-dealkylation sites (tertiary alicyclic amines) is 1. The second-order valence-corrected chi connectivity index (χ2v) is 5.99. The Morgan fingerprint density at radius 2 is 1.88 bits per heavy atom. The van der Waals surface area contributed by atoms with Crippen LogP contribution >= 0.6 is 0 Å². The molecule has 1 N–H and O–H groups in total. The molecule has 0 spiro atoms. The maximum atomic E-state index is 3.69. The monoisotopic (exact) mass is 238 g/mol. The second-order valence-electron chi connectivity index (χ2n) is 5.99. The number of piperidine rings is 1. The molecule has 0 aromatic rings. The van der Waals surface area contributed by atoms with Crippen LogP contribution in [0.3, 0.4) is 0 Å². The minimum absolute atomic E-state index is 0.823. The number of nitrogens with one attached hydrogen (secondary N) is 1. The third-order valence-electron chi connectivity index (χ3n) is 4.50.